The number of carboxylic acid groups (broad SMARTS) is 1. The SMILES string of the molecule is CN1CC[C@@H](F)[C@@H]1COc1nc(N2CCN(C(=O)O)C(CC#N)C2)c2cnc(-c3cccc4ccc(F)c(Cl)c34)c(F)c2n1. The molecule has 10 nitrogen and oxygen atoms in total. The number of hydrogen-bond acceptors (Lipinski definition) is 8. The molecule has 1 amide bonds. The lowest BCUT2D eigenvalue weighted by Gasteiger charge is -2.39. The molecule has 1 N–H and O–H groups in total. The maximum Gasteiger partial charge on any atom is 0.407 e. The Balaban J connectivity index is 1.48. The number of likely N-dealkylation sites (tertiary alicyclic amines) is 1. The lowest BCUT2D eigenvalue weighted by molar-refractivity contribution is 0.119. The van der Waals surface area contributed by atoms with Crippen LogP contribution in [0.3, 0.4) is 0 Å². The molecule has 4 aromatic rings. The number of benzene rings is 2. The van der Waals surface area contributed by atoms with Gasteiger partial charge in [0.05, 0.1) is 35.0 Å². The molecule has 2 aliphatic heterocycles. The summed E-state index contributed by atoms with van der Waals surface area (Å²) in [6.07, 6.45) is -0.564. The summed E-state index contributed by atoms with van der Waals surface area (Å²) in [7, 11) is 1.79. The molecule has 228 valence electrons. The lowest BCUT2D eigenvalue weighted by atomic mass is 10.0. The number of halogens is 4. The van der Waals surface area contributed by atoms with E-state index in [0.29, 0.717) is 18.4 Å². The van der Waals surface area contributed by atoms with Crippen LogP contribution in [0.5, 0.6) is 6.01 Å². The van der Waals surface area contributed by atoms with E-state index in [-0.39, 0.29) is 77.1 Å². The number of pyridine rings is 1. The van der Waals surface area contributed by atoms with Crippen molar-refractivity contribution in [2.45, 2.75) is 31.1 Å². The molecule has 2 fully saturated rings. The summed E-state index contributed by atoms with van der Waals surface area (Å²) < 4.78 is 51.4. The summed E-state index contributed by atoms with van der Waals surface area (Å²) in [6.45, 7) is 0.854. The summed E-state index contributed by atoms with van der Waals surface area (Å²) in [5, 5.41) is 19.9. The smallest absolute Gasteiger partial charge is 0.407 e. The predicted molar refractivity (Wildman–Crippen MR) is 158 cm³/mol. The average molecular weight is 626 g/mol. The number of nitrogens with zero attached hydrogens (tertiary/aromatic N) is 7. The number of likely N-dealkylation sites (N-methyl/N-ethyl adjacent to an activating group) is 1. The number of anilines is 1. The Morgan fingerprint density at radius 3 is 2.75 bits per heavy atom. The molecule has 0 aliphatic carbocycles. The first-order valence-corrected chi connectivity index (χ1v) is 14.4. The van der Waals surface area contributed by atoms with Gasteiger partial charge in [-0.2, -0.15) is 15.2 Å². The highest BCUT2D eigenvalue weighted by molar-refractivity contribution is 6.36. The van der Waals surface area contributed by atoms with Gasteiger partial charge in [-0.3, -0.25) is 9.88 Å². The molecule has 2 aliphatic rings. The highest BCUT2D eigenvalue weighted by atomic mass is 35.5. The molecule has 3 atom stereocenters. The highest BCUT2D eigenvalue weighted by Gasteiger charge is 2.34. The molecule has 14 heteroatoms. The molecule has 4 heterocycles. The van der Waals surface area contributed by atoms with Gasteiger partial charge in [-0.25, -0.2) is 18.0 Å². The Morgan fingerprint density at radius 2 is 2.02 bits per heavy atom. The van der Waals surface area contributed by atoms with Gasteiger partial charge in [-0.1, -0.05) is 35.9 Å². The van der Waals surface area contributed by atoms with Gasteiger partial charge in [0.25, 0.3) is 0 Å². The van der Waals surface area contributed by atoms with Gasteiger partial charge in [0.1, 0.15) is 35.6 Å². The van der Waals surface area contributed by atoms with Crippen LogP contribution in [0.25, 0.3) is 32.9 Å². The number of nitriles is 1. The summed E-state index contributed by atoms with van der Waals surface area (Å²) in [5.41, 5.74) is -0.0109. The van der Waals surface area contributed by atoms with Crippen LogP contribution in [0, 0.1) is 23.0 Å². The average Bonchev–Trinajstić information content (AvgIpc) is 3.34. The zero-order valence-electron chi connectivity index (χ0n) is 23.6. The molecule has 6 rings (SSSR count). The molecule has 2 saturated heterocycles. The van der Waals surface area contributed by atoms with Crippen LogP contribution in [0.2, 0.25) is 5.02 Å². The second-order valence-corrected chi connectivity index (χ2v) is 11.3. The third-order valence-electron chi connectivity index (χ3n) is 8.31. The lowest BCUT2D eigenvalue weighted by Crippen LogP contribution is -2.55. The molecule has 0 saturated carbocycles. The van der Waals surface area contributed by atoms with Gasteiger partial charge >= 0.3 is 12.1 Å². The molecule has 2 aromatic carbocycles. The number of fused-ring (bicyclic) bond motifs is 2. The zero-order chi connectivity index (χ0) is 31.1. The van der Waals surface area contributed by atoms with Crippen molar-refractivity contribution >= 4 is 45.2 Å². The van der Waals surface area contributed by atoms with E-state index in [0.717, 1.165) is 0 Å². The fraction of sp³-hybridized carbons (Fsp3) is 0.367. The first-order valence-electron chi connectivity index (χ1n) is 14.0. The third-order valence-corrected chi connectivity index (χ3v) is 8.68. The van der Waals surface area contributed by atoms with Gasteiger partial charge in [0, 0.05) is 43.3 Å². The monoisotopic (exact) mass is 625 g/mol. The number of piperazine rings is 1. The Labute approximate surface area is 255 Å². The van der Waals surface area contributed by atoms with E-state index in [2.05, 4.69) is 15.0 Å². The molecule has 0 radical (unpaired) electrons. The van der Waals surface area contributed by atoms with Crippen molar-refractivity contribution in [3.05, 3.63) is 53.2 Å². The largest absolute Gasteiger partial charge is 0.465 e. The molecule has 2 aromatic heterocycles. The van der Waals surface area contributed by atoms with Crippen LogP contribution in [-0.4, -0.2) is 94.0 Å². The van der Waals surface area contributed by atoms with Crippen molar-refractivity contribution in [2.75, 3.05) is 44.7 Å². The Kier molecular flexibility index (Phi) is 8.04. The molecule has 1 unspecified atom stereocenters. The summed E-state index contributed by atoms with van der Waals surface area (Å²) in [4.78, 5) is 29.9. The number of hydrogen-bond donors (Lipinski definition) is 1. The molecule has 0 spiro atoms. The Bertz CT molecular complexity index is 1800. The number of alkyl halides is 1. The van der Waals surface area contributed by atoms with E-state index in [1.165, 1.54) is 23.2 Å². The van der Waals surface area contributed by atoms with Gasteiger partial charge < -0.3 is 19.6 Å². The zero-order valence-corrected chi connectivity index (χ0v) is 24.3. The maximum absolute atomic E-state index is 16.5. The number of aromatic nitrogens is 3. The van der Waals surface area contributed by atoms with Crippen LogP contribution >= 0.6 is 11.6 Å². The van der Waals surface area contributed by atoms with E-state index in [1.54, 1.807) is 30.1 Å². The third kappa shape index (κ3) is 5.28. The fourth-order valence-electron chi connectivity index (χ4n) is 5.95. The number of carbonyl (C=O) groups is 1. The quantitative estimate of drug-likeness (QED) is 0.305. The van der Waals surface area contributed by atoms with Gasteiger partial charge in [0.15, 0.2) is 5.82 Å². The van der Waals surface area contributed by atoms with Crippen molar-refractivity contribution < 1.29 is 27.8 Å². The van der Waals surface area contributed by atoms with E-state index >= 15 is 4.39 Å². The first-order chi connectivity index (χ1) is 21.2. The topological polar surface area (TPSA) is 119 Å². The minimum absolute atomic E-state index is 0.0593. The van der Waals surface area contributed by atoms with Crippen molar-refractivity contribution in [3.63, 3.8) is 0 Å². The number of amides is 1. The van der Waals surface area contributed by atoms with Gasteiger partial charge in [-0.15, -0.1) is 0 Å². The summed E-state index contributed by atoms with van der Waals surface area (Å²) in [6, 6.07) is 8.38. The van der Waals surface area contributed by atoms with Crippen molar-refractivity contribution in [3.8, 4) is 23.3 Å². The second-order valence-electron chi connectivity index (χ2n) is 10.9. The van der Waals surface area contributed by atoms with E-state index in [4.69, 9.17) is 16.3 Å². The normalized spacial score (nSPS) is 20.8. The van der Waals surface area contributed by atoms with Crippen LogP contribution in [0.1, 0.15) is 12.8 Å². The van der Waals surface area contributed by atoms with E-state index in [9.17, 15) is 23.9 Å². The van der Waals surface area contributed by atoms with Gasteiger partial charge in [0.2, 0.25) is 0 Å². The standard InChI is InChI=1S/C30H27ClF3N7O3/c1-39-10-8-20(32)22(39)15-44-29-37-27-19(28(38-29)40-11-12-41(30(42)43)17(14-40)7-9-35)13-36-26(25(27)34)18-4-2-3-16-5-6-21(33)24(31)23(16)18/h2-6,13,17,20,22H,7-8,10-12,14-15H2,1H3,(H,42,43)/t17?,20-,22+/m1/s1. The van der Waals surface area contributed by atoms with Crippen molar-refractivity contribution in [2.24, 2.45) is 0 Å². The minimum Gasteiger partial charge on any atom is -0.465 e. The maximum atomic E-state index is 16.5. The molecule has 0 bridgehead atoms. The summed E-state index contributed by atoms with van der Waals surface area (Å²) in [5.74, 6) is -1.26. The molecular weight excluding hydrogens is 599 g/mol. The fourth-order valence-corrected chi connectivity index (χ4v) is 6.23. The van der Waals surface area contributed by atoms with Gasteiger partial charge in [-0.05, 0) is 24.9 Å². The highest BCUT2D eigenvalue weighted by Crippen LogP contribution is 2.38. The van der Waals surface area contributed by atoms with Crippen molar-refractivity contribution in [1.82, 2.24) is 24.8 Å². The molecular formula is C30H27ClF3N7O3. The van der Waals surface area contributed by atoms with Crippen LogP contribution in [0.15, 0.2) is 36.5 Å². The second kappa shape index (κ2) is 11.9. The number of ether oxygens (including phenoxy) is 1. The molecule has 44 heavy (non-hydrogen) atoms. The van der Waals surface area contributed by atoms with E-state index in [1.807, 2.05) is 11.0 Å². The number of rotatable bonds is 6. The van der Waals surface area contributed by atoms with Crippen LogP contribution in [0.4, 0.5) is 23.8 Å². The van der Waals surface area contributed by atoms with Crippen LogP contribution < -0.4 is 9.64 Å². The predicted octanol–water partition coefficient (Wildman–Crippen LogP) is 5.28. The van der Waals surface area contributed by atoms with Crippen LogP contribution in [-0.2, 0) is 0 Å². The minimum atomic E-state index is -1.15. The van der Waals surface area contributed by atoms with E-state index < -0.39 is 36.0 Å². The Hall–Kier alpha value is -4.41. The first kappa shape index (κ1) is 29.7. The Morgan fingerprint density at radius 1 is 1.20 bits per heavy atom. The summed E-state index contributed by atoms with van der Waals surface area (Å²) >= 11 is 6.32. The van der Waals surface area contributed by atoms with Crippen molar-refractivity contribution in [1.29, 1.82) is 5.26 Å².